The molecule has 2 heterocycles. The molecule has 2 atom stereocenters. The highest BCUT2D eigenvalue weighted by atomic mass is 35.5. The van der Waals surface area contributed by atoms with Crippen molar-refractivity contribution in [1.29, 1.82) is 5.26 Å². The van der Waals surface area contributed by atoms with E-state index in [-0.39, 0.29) is 29.4 Å². The molecule has 0 fully saturated rings. The zero-order valence-electron chi connectivity index (χ0n) is 17.5. The molecule has 1 aromatic carbocycles. The summed E-state index contributed by atoms with van der Waals surface area (Å²) in [6, 6.07) is 2.13. The molecule has 0 bridgehead atoms. The van der Waals surface area contributed by atoms with Crippen molar-refractivity contribution in [1.82, 2.24) is 0 Å². The Morgan fingerprint density at radius 3 is 2.52 bits per heavy atom. The predicted octanol–water partition coefficient (Wildman–Crippen LogP) is 3.42. The number of benzene rings is 1. The molecule has 0 radical (unpaired) electrons. The fraction of sp³-hybridized carbons (Fsp3) is 0.455. The molecule has 3 aliphatic rings. The van der Waals surface area contributed by atoms with Crippen LogP contribution in [0, 0.1) is 11.3 Å². The number of carbonyl (C=O) groups excluding carboxylic acids is 1. The maximum absolute atomic E-state index is 13.0. The number of nitrogens with zero attached hydrogens (tertiary/aromatic N) is 1. The lowest BCUT2D eigenvalue weighted by Gasteiger charge is -2.33. The maximum atomic E-state index is 13.0. The highest BCUT2D eigenvalue weighted by Crippen LogP contribution is 2.57. The van der Waals surface area contributed by atoms with Gasteiger partial charge in [0, 0.05) is 34.9 Å². The van der Waals surface area contributed by atoms with Crippen LogP contribution in [-0.2, 0) is 16.0 Å². The minimum atomic E-state index is -0.787. The van der Waals surface area contributed by atoms with Gasteiger partial charge in [0.2, 0.25) is 24.2 Å². The van der Waals surface area contributed by atoms with Gasteiger partial charge in [0.15, 0.2) is 17.3 Å². The molecule has 0 spiro atoms. The van der Waals surface area contributed by atoms with Crippen LogP contribution in [0.2, 0.25) is 0 Å². The molecule has 0 saturated heterocycles. The van der Waals surface area contributed by atoms with Gasteiger partial charge in [-0.3, -0.25) is 4.79 Å². The van der Waals surface area contributed by atoms with E-state index in [1.807, 2.05) is 6.92 Å². The molecule has 0 aromatic heterocycles. The van der Waals surface area contributed by atoms with Gasteiger partial charge in [0.05, 0.1) is 20.1 Å². The summed E-state index contributed by atoms with van der Waals surface area (Å²) in [4.78, 5) is 13.0. The van der Waals surface area contributed by atoms with E-state index in [4.69, 9.17) is 41.0 Å². The zero-order chi connectivity index (χ0) is 22.3. The summed E-state index contributed by atoms with van der Waals surface area (Å²) in [5.74, 6) is 1.14. The molecule has 9 heteroatoms. The Balaban J connectivity index is 2.10. The Morgan fingerprint density at radius 2 is 1.90 bits per heavy atom. The molecule has 0 unspecified atom stereocenters. The topological polar surface area (TPSA) is 113 Å². The van der Waals surface area contributed by atoms with E-state index in [1.165, 1.54) is 14.2 Å². The molecule has 31 heavy (non-hydrogen) atoms. The summed E-state index contributed by atoms with van der Waals surface area (Å²) in [5.41, 5.74) is 7.91. The molecule has 2 aliphatic heterocycles. The van der Waals surface area contributed by atoms with Crippen molar-refractivity contribution < 1.29 is 28.5 Å². The molecule has 2 N–H and O–H groups in total. The van der Waals surface area contributed by atoms with Crippen molar-refractivity contribution in [2.45, 2.75) is 43.9 Å². The van der Waals surface area contributed by atoms with Crippen LogP contribution in [0.5, 0.6) is 23.0 Å². The second-order valence-corrected chi connectivity index (χ2v) is 8.29. The van der Waals surface area contributed by atoms with E-state index < -0.39 is 5.92 Å². The molecule has 0 saturated carbocycles. The predicted molar refractivity (Wildman–Crippen MR) is 111 cm³/mol. The van der Waals surface area contributed by atoms with Crippen LogP contribution in [0.15, 0.2) is 22.8 Å². The number of hydrogen-bond acceptors (Lipinski definition) is 8. The average molecular weight is 447 g/mol. The van der Waals surface area contributed by atoms with Gasteiger partial charge in [-0.2, -0.15) is 5.26 Å². The van der Waals surface area contributed by atoms with Crippen molar-refractivity contribution in [3.8, 4) is 29.1 Å². The number of carbonyl (C=O) groups is 1. The van der Waals surface area contributed by atoms with Crippen molar-refractivity contribution in [2.24, 2.45) is 5.73 Å². The van der Waals surface area contributed by atoms with Crippen LogP contribution in [-0.4, -0.2) is 32.2 Å². The number of fused-ring (bicyclic) bond motifs is 1. The fourth-order valence-corrected chi connectivity index (χ4v) is 4.64. The van der Waals surface area contributed by atoms with E-state index in [2.05, 4.69) is 6.07 Å². The van der Waals surface area contributed by atoms with E-state index in [9.17, 15) is 10.1 Å². The molecular weight excluding hydrogens is 424 g/mol. The highest BCUT2D eigenvalue weighted by Gasteiger charge is 2.43. The fourth-order valence-electron chi connectivity index (χ4n) is 4.49. The SMILES string of the molecule is COc1c(C[C@@H](C)Cl)c([C@H]2C(C#N)=C(N)OC3=C2C(=O)CCC3)c(OC)c2c1OCO2. The first-order valence-electron chi connectivity index (χ1n) is 9.97. The Morgan fingerprint density at radius 1 is 1.23 bits per heavy atom. The van der Waals surface area contributed by atoms with Gasteiger partial charge in [-0.25, -0.2) is 0 Å². The number of halogens is 1. The summed E-state index contributed by atoms with van der Waals surface area (Å²) in [5, 5.41) is 9.69. The van der Waals surface area contributed by atoms with E-state index in [0.717, 1.165) is 0 Å². The first-order valence-corrected chi connectivity index (χ1v) is 10.4. The van der Waals surface area contributed by atoms with Crippen molar-refractivity contribution in [3.05, 3.63) is 33.9 Å². The van der Waals surface area contributed by atoms with Crippen LogP contribution in [0.25, 0.3) is 0 Å². The summed E-state index contributed by atoms with van der Waals surface area (Å²) >= 11 is 6.39. The number of ketones is 1. The van der Waals surface area contributed by atoms with Gasteiger partial charge in [-0.05, 0) is 19.8 Å². The van der Waals surface area contributed by atoms with Crippen LogP contribution in [0.3, 0.4) is 0 Å². The third-order valence-corrected chi connectivity index (χ3v) is 5.81. The largest absolute Gasteiger partial charge is 0.492 e. The number of hydrogen-bond donors (Lipinski definition) is 1. The van der Waals surface area contributed by atoms with Gasteiger partial charge in [-0.1, -0.05) is 0 Å². The summed E-state index contributed by atoms with van der Waals surface area (Å²) in [6.07, 6.45) is 1.96. The van der Waals surface area contributed by atoms with Gasteiger partial charge >= 0.3 is 0 Å². The number of allylic oxidation sites excluding steroid dienone is 3. The minimum absolute atomic E-state index is 0.00881. The summed E-state index contributed by atoms with van der Waals surface area (Å²) < 4.78 is 28.5. The quantitative estimate of drug-likeness (QED) is 0.684. The van der Waals surface area contributed by atoms with Crippen LogP contribution in [0.4, 0.5) is 0 Å². The number of alkyl halides is 1. The lowest BCUT2D eigenvalue weighted by molar-refractivity contribution is -0.116. The van der Waals surface area contributed by atoms with E-state index in [0.29, 0.717) is 71.1 Å². The number of nitrogens with two attached hydrogens (primary N) is 1. The van der Waals surface area contributed by atoms with Crippen molar-refractivity contribution in [3.63, 3.8) is 0 Å². The summed E-state index contributed by atoms with van der Waals surface area (Å²) in [7, 11) is 3.02. The Bertz CT molecular complexity index is 1050. The Hall–Kier alpha value is -3.05. The van der Waals surface area contributed by atoms with Crippen LogP contribution >= 0.6 is 11.6 Å². The van der Waals surface area contributed by atoms with Gasteiger partial charge < -0.3 is 29.4 Å². The van der Waals surface area contributed by atoms with Crippen LogP contribution in [0.1, 0.15) is 43.2 Å². The number of nitriles is 1. The molecular formula is C22H23ClN2O6. The van der Waals surface area contributed by atoms with Crippen LogP contribution < -0.4 is 24.7 Å². The molecule has 4 rings (SSSR count). The second kappa shape index (κ2) is 8.23. The standard InChI is InChI=1S/C22H23ClN2O6/c1-10(23)7-11-16(19(28-3)21-20(18(11)27-2)29-9-30-21)15-12(8-24)22(25)31-14-6-4-5-13(26)17(14)15/h10,15H,4-7,9,25H2,1-3H3/t10-,15-/m1/s1. The normalized spacial score (nSPS) is 20.7. The van der Waals surface area contributed by atoms with E-state index >= 15 is 0 Å². The lowest BCUT2D eigenvalue weighted by atomic mass is 9.75. The summed E-state index contributed by atoms with van der Waals surface area (Å²) in [6.45, 7) is 1.84. The Labute approximate surface area is 185 Å². The van der Waals surface area contributed by atoms with Gasteiger partial charge in [0.25, 0.3) is 0 Å². The number of Topliss-reactive ketones (excluding diaryl/α,β-unsaturated/α-hetero) is 1. The first kappa shape index (κ1) is 21.2. The number of ether oxygens (including phenoxy) is 5. The van der Waals surface area contributed by atoms with Gasteiger partial charge in [0.1, 0.15) is 17.4 Å². The monoisotopic (exact) mass is 446 g/mol. The molecule has 164 valence electrons. The lowest BCUT2D eigenvalue weighted by Crippen LogP contribution is -2.28. The molecule has 1 aromatic rings. The molecule has 8 nitrogen and oxygen atoms in total. The maximum Gasteiger partial charge on any atom is 0.231 e. The van der Waals surface area contributed by atoms with Gasteiger partial charge in [-0.15, -0.1) is 11.6 Å². The van der Waals surface area contributed by atoms with E-state index in [1.54, 1.807) is 0 Å². The zero-order valence-corrected chi connectivity index (χ0v) is 18.3. The Kier molecular flexibility index (Phi) is 5.63. The molecule has 0 amide bonds. The minimum Gasteiger partial charge on any atom is -0.492 e. The highest BCUT2D eigenvalue weighted by molar-refractivity contribution is 6.20. The number of rotatable bonds is 5. The van der Waals surface area contributed by atoms with Crippen molar-refractivity contribution >= 4 is 17.4 Å². The molecule has 1 aliphatic carbocycles. The first-order chi connectivity index (χ1) is 14.9. The average Bonchev–Trinajstić information content (AvgIpc) is 3.21. The third-order valence-electron chi connectivity index (χ3n) is 5.66. The third kappa shape index (κ3) is 3.33. The van der Waals surface area contributed by atoms with Crippen molar-refractivity contribution in [2.75, 3.05) is 21.0 Å². The number of methoxy groups -OCH3 is 2. The second-order valence-electron chi connectivity index (χ2n) is 7.55. The smallest absolute Gasteiger partial charge is 0.231 e.